The minimum atomic E-state index is -4.25. The second-order valence-electron chi connectivity index (χ2n) is 4.21. The Labute approximate surface area is 120 Å². The van der Waals surface area contributed by atoms with Crippen molar-refractivity contribution in [3.05, 3.63) is 28.3 Å². The number of nitrogens with one attached hydrogen (secondary N) is 1. The number of nitrogens with zero attached hydrogens (tertiary/aromatic N) is 1. The Balaban J connectivity index is 3.16. The first-order valence-corrected chi connectivity index (χ1v) is 7.40. The number of aliphatic carboxylic acids is 1. The molecule has 0 fully saturated rings. The molecule has 0 aliphatic rings. The molecule has 0 bridgehead atoms. The fourth-order valence-electron chi connectivity index (χ4n) is 1.59. The third-order valence-corrected chi connectivity index (χ3v) is 4.10. The summed E-state index contributed by atoms with van der Waals surface area (Å²) in [5.41, 5.74) is -0.778. The van der Waals surface area contributed by atoms with Crippen LogP contribution in [0.1, 0.15) is 19.8 Å². The van der Waals surface area contributed by atoms with E-state index in [4.69, 9.17) is 5.11 Å². The number of carboxylic acid groups (broad SMARTS) is 1. The Morgan fingerprint density at radius 2 is 2.10 bits per heavy atom. The predicted molar refractivity (Wildman–Crippen MR) is 71.4 cm³/mol. The minimum Gasteiger partial charge on any atom is -0.502 e. The maximum Gasteiger partial charge on any atom is 0.321 e. The second kappa shape index (κ2) is 6.50. The van der Waals surface area contributed by atoms with Gasteiger partial charge in [0.2, 0.25) is 10.0 Å². The maximum atomic E-state index is 12.0. The normalized spacial score (nSPS) is 12.8. The van der Waals surface area contributed by atoms with E-state index < -0.39 is 43.3 Å². The summed E-state index contributed by atoms with van der Waals surface area (Å²) in [6.45, 7) is 1.69. The quantitative estimate of drug-likeness (QED) is 0.498. The molecule has 21 heavy (non-hydrogen) atoms. The van der Waals surface area contributed by atoms with Crippen molar-refractivity contribution in [2.24, 2.45) is 0 Å². The maximum absolute atomic E-state index is 12.0. The van der Waals surface area contributed by atoms with Gasteiger partial charge < -0.3 is 10.2 Å². The summed E-state index contributed by atoms with van der Waals surface area (Å²) in [4.78, 5) is 20.2. The fraction of sp³-hybridized carbons (Fsp3) is 0.364. The summed E-state index contributed by atoms with van der Waals surface area (Å²) in [5, 5.41) is 28.9. The molecule has 0 saturated carbocycles. The molecule has 3 N–H and O–H groups in total. The van der Waals surface area contributed by atoms with E-state index in [0.717, 1.165) is 12.1 Å². The fourth-order valence-corrected chi connectivity index (χ4v) is 2.84. The van der Waals surface area contributed by atoms with Crippen LogP contribution in [0.25, 0.3) is 0 Å². The number of hydrogen-bond donors (Lipinski definition) is 3. The molecule has 1 rings (SSSR count). The van der Waals surface area contributed by atoms with Crippen molar-refractivity contribution in [2.75, 3.05) is 0 Å². The predicted octanol–water partition coefficient (Wildman–Crippen LogP) is 0.832. The van der Waals surface area contributed by atoms with Gasteiger partial charge in [0, 0.05) is 6.07 Å². The smallest absolute Gasteiger partial charge is 0.321 e. The molecular formula is C11H14N2O7S. The number of carbonyl (C=O) groups is 1. The molecule has 0 aromatic heterocycles. The number of nitro benzene ring substituents is 1. The number of sulfonamides is 1. The number of phenolic OH excluding ortho intramolecular Hbond substituents is 1. The zero-order valence-electron chi connectivity index (χ0n) is 11.0. The average molecular weight is 318 g/mol. The Kier molecular flexibility index (Phi) is 5.22. The molecular weight excluding hydrogens is 304 g/mol. The van der Waals surface area contributed by atoms with E-state index in [9.17, 15) is 28.4 Å². The van der Waals surface area contributed by atoms with Crippen LogP contribution in [0.4, 0.5) is 5.69 Å². The van der Waals surface area contributed by atoms with E-state index >= 15 is 0 Å². The van der Waals surface area contributed by atoms with Crippen LogP contribution >= 0.6 is 0 Å². The zero-order chi connectivity index (χ0) is 16.2. The van der Waals surface area contributed by atoms with Crippen molar-refractivity contribution < 1.29 is 28.3 Å². The lowest BCUT2D eigenvalue weighted by Crippen LogP contribution is -2.40. The standard InChI is InChI=1S/C11H14N2O7S/c1-2-3-8(11(15)16)12-21(19,20)7-4-5-10(14)9(6-7)13(17)18/h4-6,8,12,14H,2-3H2,1H3,(H,15,16)/t8-/m0/s1. The van der Waals surface area contributed by atoms with Crippen molar-refractivity contribution in [3.63, 3.8) is 0 Å². The number of benzene rings is 1. The Bertz CT molecular complexity index is 657. The molecule has 10 heteroatoms. The molecule has 0 spiro atoms. The second-order valence-corrected chi connectivity index (χ2v) is 5.92. The molecule has 1 atom stereocenters. The summed E-state index contributed by atoms with van der Waals surface area (Å²) >= 11 is 0. The van der Waals surface area contributed by atoms with Crippen LogP contribution in [0.2, 0.25) is 0 Å². The van der Waals surface area contributed by atoms with Crippen molar-refractivity contribution in [1.82, 2.24) is 4.72 Å². The number of carboxylic acids is 1. The molecule has 0 radical (unpaired) electrons. The number of phenols is 1. The summed E-state index contributed by atoms with van der Waals surface area (Å²) < 4.78 is 26.0. The number of nitro groups is 1. The van der Waals surface area contributed by atoms with Gasteiger partial charge in [0.05, 0.1) is 9.82 Å². The largest absolute Gasteiger partial charge is 0.502 e. The molecule has 0 unspecified atom stereocenters. The molecule has 0 aliphatic carbocycles. The number of aromatic hydroxyl groups is 1. The Hall–Kier alpha value is -2.20. The van der Waals surface area contributed by atoms with E-state index in [2.05, 4.69) is 0 Å². The van der Waals surface area contributed by atoms with Crippen LogP contribution in [0.3, 0.4) is 0 Å². The third-order valence-electron chi connectivity index (χ3n) is 2.63. The lowest BCUT2D eigenvalue weighted by Gasteiger charge is -2.13. The van der Waals surface area contributed by atoms with Crippen molar-refractivity contribution >= 4 is 21.7 Å². The van der Waals surface area contributed by atoms with E-state index in [-0.39, 0.29) is 6.42 Å². The van der Waals surface area contributed by atoms with Crippen LogP contribution < -0.4 is 4.72 Å². The van der Waals surface area contributed by atoms with E-state index in [1.165, 1.54) is 0 Å². The van der Waals surface area contributed by atoms with Gasteiger partial charge in [-0.15, -0.1) is 0 Å². The number of hydrogen-bond acceptors (Lipinski definition) is 6. The average Bonchev–Trinajstić information content (AvgIpc) is 2.37. The summed E-state index contributed by atoms with van der Waals surface area (Å²) in [7, 11) is -4.25. The highest BCUT2D eigenvalue weighted by Gasteiger charge is 2.26. The van der Waals surface area contributed by atoms with Gasteiger partial charge in [-0.3, -0.25) is 14.9 Å². The lowest BCUT2D eigenvalue weighted by molar-refractivity contribution is -0.386. The molecule has 0 aliphatic heterocycles. The molecule has 1 aromatic rings. The van der Waals surface area contributed by atoms with E-state index in [1.54, 1.807) is 6.92 Å². The van der Waals surface area contributed by atoms with Gasteiger partial charge in [-0.05, 0) is 18.6 Å². The van der Waals surface area contributed by atoms with Crippen LogP contribution in [-0.4, -0.2) is 35.6 Å². The molecule has 0 heterocycles. The van der Waals surface area contributed by atoms with E-state index in [0.29, 0.717) is 12.5 Å². The first-order valence-electron chi connectivity index (χ1n) is 5.91. The Morgan fingerprint density at radius 1 is 1.48 bits per heavy atom. The molecule has 1 aromatic carbocycles. The van der Waals surface area contributed by atoms with Gasteiger partial charge >= 0.3 is 11.7 Å². The van der Waals surface area contributed by atoms with Gasteiger partial charge in [0.15, 0.2) is 5.75 Å². The SMILES string of the molecule is CCC[C@H](NS(=O)(=O)c1ccc(O)c([N+](=O)[O-])c1)C(=O)O. The molecule has 9 nitrogen and oxygen atoms in total. The zero-order valence-corrected chi connectivity index (χ0v) is 11.8. The van der Waals surface area contributed by atoms with Crippen molar-refractivity contribution in [3.8, 4) is 5.75 Å². The highest BCUT2D eigenvalue weighted by atomic mass is 32.2. The molecule has 0 saturated heterocycles. The highest BCUT2D eigenvalue weighted by Crippen LogP contribution is 2.28. The summed E-state index contributed by atoms with van der Waals surface area (Å²) in [5.74, 6) is -2.02. The number of rotatable bonds is 7. The topological polar surface area (TPSA) is 147 Å². The van der Waals surface area contributed by atoms with Gasteiger partial charge in [-0.2, -0.15) is 4.72 Å². The minimum absolute atomic E-state index is 0.0781. The Morgan fingerprint density at radius 3 is 2.57 bits per heavy atom. The lowest BCUT2D eigenvalue weighted by atomic mass is 10.2. The van der Waals surface area contributed by atoms with Crippen LogP contribution in [0, 0.1) is 10.1 Å². The molecule has 0 amide bonds. The summed E-state index contributed by atoms with van der Waals surface area (Å²) in [6.07, 6.45) is 0.518. The van der Waals surface area contributed by atoms with E-state index in [1.807, 2.05) is 4.72 Å². The van der Waals surface area contributed by atoms with Gasteiger partial charge in [0.1, 0.15) is 6.04 Å². The van der Waals surface area contributed by atoms with Crippen molar-refractivity contribution in [2.45, 2.75) is 30.7 Å². The van der Waals surface area contributed by atoms with Crippen LogP contribution in [-0.2, 0) is 14.8 Å². The first kappa shape index (κ1) is 16.9. The van der Waals surface area contributed by atoms with Crippen LogP contribution in [0.5, 0.6) is 5.75 Å². The summed E-state index contributed by atoms with van der Waals surface area (Å²) in [6, 6.07) is 1.16. The van der Waals surface area contributed by atoms with Gasteiger partial charge in [-0.25, -0.2) is 8.42 Å². The van der Waals surface area contributed by atoms with Gasteiger partial charge in [0.25, 0.3) is 0 Å². The van der Waals surface area contributed by atoms with Gasteiger partial charge in [-0.1, -0.05) is 13.3 Å². The highest BCUT2D eigenvalue weighted by molar-refractivity contribution is 7.89. The molecule has 116 valence electrons. The first-order chi connectivity index (χ1) is 9.69. The third kappa shape index (κ3) is 4.13. The van der Waals surface area contributed by atoms with Crippen LogP contribution in [0.15, 0.2) is 23.1 Å². The monoisotopic (exact) mass is 318 g/mol. The van der Waals surface area contributed by atoms with Crippen molar-refractivity contribution in [1.29, 1.82) is 0 Å².